The molecule has 0 unspecified atom stereocenters. The molecule has 0 saturated carbocycles. The van der Waals surface area contributed by atoms with Crippen LogP contribution < -0.4 is 5.46 Å². The van der Waals surface area contributed by atoms with E-state index in [1.807, 2.05) is 45.9 Å². The van der Waals surface area contributed by atoms with Crippen LogP contribution in [0.25, 0.3) is 0 Å². The molecule has 6 heteroatoms. The maximum atomic E-state index is 12.3. The van der Waals surface area contributed by atoms with E-state index >= 15 is 0 Å². The SMILES string of the molecule is CC1(C)OB(c2cccc3c2CN(CCO)C3=O)OC1(C)C. The number of carbonyl (C=O) groups is 1. The minimum Gasteiger partial charge on any atom is -0.399 e. The Morgan fingerprint density at radius 1 is 1.23 bits per heavy atom. The zero-order valence-corrected chi connectivity index (χ0v) is 13.5. The van der Waals surface area contributed by atoms with Gasteiger partial charge in [-0.05, 0) is 44.8 Å². The van der Waals surface area contributed by atoms with E-state index in [1.165, 1.54) is 0 Å². The van der Waals surface area contributed by atoms with Crippen molar-refractivity contribution in [1.82, 2.24) is 4.90 Å². The van der Waals surface area contributed by atoms with Crippen molar-refractivity contribution in [1.29, 1.82) is 0 Å². The van der Waals surface area contributed by atoms with Crippen molar-refractivity contribution < 1.29 is 19.2 Å². The Morgan fingerprint density at radius 2 is 1.86 bits per heavy atom. The second-order valence-electron chi connectivity index (χ2n) is 6.91. The van der Waals surface area contributed by atoms with Gasteiger partial charge in [-0.15, -0.1) is 0 Å². The number of fused-ring (bicyclic) bond motifs is 1. The predicted octanol–water partition coefficient (Wildman–Crippen LogP) is 0.934. The van der Waals surface area contributed by atoms with Gasteiger partial charge < -0.3 is 19.3 Å². The number of β-amino-alcohol motifs (C(OH)–C–C–N with tert-alkyl or cyclic N) is 1. The van der Waals surface area contributed by atoms with Gasteiger partial charge in [-0.1, -0.05) is 12.1 Å². The molecule has 0 bridgehead atoms. The summed E-state index contributed by atoms with van der Waals surface area (Å²) in [6, 6.07) is 5.64. The van der Waals surface area contributed by atoms with E-state index in [9.17, 15) is 4.79 Å². The van der Waals surface area contributed by atoms with Gasteiger partial charge in [-0.3, -0.25) is 4.79 Å². The van der Waals surface area contributed by atoms with Gasteiger partial charge in [0.25, 0.3) is 5.91 Å². The molecule has 0 aromatic heterocycles. The zero-order chi connectivity index (χ0) is 16.1. The van der Waals surface area contributed by atoms with Crippen LogP contribution >= 0.6 is 0 Å². The van der Waals surface area contributed by atoms with Crippen molar-refractivity contribution in [3.8, 4) is 0 Å². The quantitative estimate of drug-likeness (QED) is 0.844. The molecule has 2 heterocycles. The van der Waals surface area contributed by atoms with Crippen LogP contribution in [0, 0.1) is 0 Å². The fourth-order valence-corrected chi connectivity index (χ4v) is 2.91. The van der Waals surface area contributed by atoms with Gasteiger partial charge in [0.2, 0.25) is 0 Å². The molecule has 22 heavy (non-hydrogen) atoms. The van der Waals surface area contributed by atoms with Crippen LogP contribution in [0.5, 0.6) is 0 Å². The normalized spacial score (nSPS) is 22.3. The van der Waals surface area contributed by atoms with Gasteiger partial charge in [-0.2, -0.15) is 0 Å². The molecule has 2 aliphatic rings. The summed E-state index contributed by atoms with van der Waals surface area (Å²) in [4.78, 5) is 14.0. The third kappa shape index (κ3) is 2.26. The highest BCUT2D eigenvalue weighted by Gasteiger charge is 2.52. The van der Waals surface area contributed by atoms with Gasteiger partial charge in [0.15, 0.2) is 0 Å². The van der Waals surface area contributed by atoms with Gasteiger partial charge in [0.05, 0.1) is 17.8 Å². The minimum absolute atomic E-state index is 0.0362. The Bertz CT molecular complexity index is 598. The zero-order valence-electron chi connectivity index (χ0n) is 13.5. The minimum atomic E-state index is -0.471. The first-order valence-electron chi connectivity index (χ1n) is 7.64. The van der Waals surface area contributed by atoms with Crippen LogP contribution in [0.15, 0.2) is 18.2 Å². The average Bonchev–Trinajstić information content (AvgIpc) is 2.85. The highest BCUT2D eigenvalue weighted by molar-refractivity contribution is 6.62. The van der Waals surface area contributed by atoms with Gasteiger partial charge >= 0.3 is 7.12 Å². The number of benzene rings is 1. The summed E-state index contributed by atoms with van der Waals surface area (Å²) in [6.07, 6.45) is 0. The summed E-state index contributed by atoms with van der Waals surface area (Å²) in [5.74, 6) is -0.0394. The fourth-order valence-electron chi connectivity index (χ4n) is 2.91. The van der Waals surface area contributed by atoms with Gasteiger partial charge in [0, 0.05) is 18.7 Å². The standard InChI is InChI=1S/C16H22BNO4/c1-15(2)16(3,4)22-17(21-15)13-7-5-6-11-12(13)10-18(8-9-19)14(11)20/h5-7,19H,8-10H2,1-4H3. The van der Waals surface area contributed by atoms with Crippen molar-refractivity contribution in [2.24, 2.45) is 0 Å². The lowest BCUT2D eigenvalue weighted by Crippen LogP contribution is -2.41. The first-order valence-corrected chi connectivity index (χ1v) is 7.64. The molecular weight excluding hydrogens is 281 g/mol. The summed E-state index contributed by atoms with van der Waals surface area (Å²) in [7, 11) is -0.471. The highest BCUT2D eigenvalue weighted by atomic mass is 16.7. The van der Waals surface area contributed by atoms with E-state index in [0.29, 0.717) is 18.7 Å². The molecule has 118 valence electrons. The second kappa shape index (κ2) is 5.08. The first-order chi connectivity index (χ1) is 10.3. The van der Waals surface area contributed by atoms with Crippen molar-refractivity contribution in [2.75, 3.05) is 13.2 Å². The van der Waals surface area contributed by atoms with Crippen LogP contribution in [0.2, 0.25) is 0 Å². The molecule has 1 N–H and O–H groups in total. The number of hydrogen-bond donors (Lipinski definition) is 1. The summed E-state index contributed by atoms with van der Waals surface area (Å²) in [5, 5.41) is 9.10. The molecule has 1 aromatic carbocycles. The third-order valence-corrected chi connectivity index (χ3v) is 4.96. The molecule has 1 aromatic rings. The van der Waals surface area contributed by atoms with Crippen molar-refractivity contribution >= 4 is 18.5 Å². The molecular formula is C16H22BNO4. The molecule has 0 atom stereocenters. The van der Waals surface area contributed by atoms with Gasteiger partial charge in [-0.25, -0.2) is 0 Å². The molecule has 0 radical (unpaired) electrons. The average molecular weight is 303 g/mol. The van der Waals surface area contributed by atoms with Crippen LogP contribution in [-0.4, -0.2) is 47.4 Å². The third-order valence-electron chi connectivity index (χ3n) is 4.96. The number of rotatable bonds is 3. The Hall–Kier alpha value is -1.37. The maximum Gasteiger partial charge on any atom is 0.495 e. The number of nitrogens with zero attached hydrogens (tertiary/aromatic N) is 1. The monoisotopic (exact) mass is 303 g/mol. The largest absolute Gasteiger partial charge is 0.495 e. The molecule has 5 nitrogen and oxygen atoms in total. The van der Waals surface area contributed by atoms with Crippen molar-refractivity contribution in [2.45, 2.75) is 45.4 Å². The Kier molecular flexibility index (Phi) is 3.59. The fraction of sp³-hybridized carbons (Fsp3) is 0.562. The molecule has 3 rings (SSSR count). The Morgan fingerprint density at radius 3 is 2.45 bits per heavy atom. The maximum absolute atomic E-state index is 12.3. The van der Waals surface area contributed by atoms with E-state index in [1.54, 1.807) is 4.90 Å². The van der Waals surface area contributed by atoms with E-state index < -0.39 is 18.3 Å². The number of hydrogen-bond acceptors (Lipinski definition) is 4. The second-order valence-corrected chi connectivity index (χ2v) is 6.91. The van der Waals surface area contributed by atoms with E-state index in [-0.39, 0.29) is 12.5 Å². The Balaban J connectivity index is 1.95. The topological polar surface area (TPSA) is 59.0 Å². The highest BCUT2D eigenvalue weighted by Crippen LogP contribution is 2.37. The van der Waals surface area contributed by atoms with Crippen molar-refractivity contribution in [3.05, 3.63) is 29.3 Å². The lowest BCUT2D eigenvalue weighted by molar-refractivity contribution is 0.00578. The molecule has 1 amide bonds. The molecule has 0 aliphatic carbocycles. The van der Waals surface area contributed by atoms with Crippen LogP contribution in [0.4, 0.5) is 0 Å². The van der Waals surface area contributed by atoms with E-state index in [4.69, 9.17) is 14.4 Å². The summed E-state index contributed by atoms with van der Waals surface area (Å²) < 4.78 is 12.2. The number of amides is 1. The predicted molar refractivity (Wildman–Crippen MR) is 84.0 cm³/mol. The number of carbonyl (C=O) groups excluding carboxylic acids is 1. The molecule has 1 fully saturated rings. The first kappa shape index (κ1) is 15.5. The molecule has 1 saturated heterocycles. The Labute approximate surface area is 131 Å². The number of aliphatic hydroxyl groups is 1. The summed E-state index contributed by atoms with van der Waals surface area (Å²) in [5.41, 5.74) is 1.71. The summed E-state index contributed by atoms with van der Waals surface area (Å²) in [6.45, 7) is 8.86. The van der Waals surface area contributed by atoms with E-state index in [2.05, 4.69) is 0 Å². The molecule has 0 spiro atoms. The van der Waals surface area contributed by atoms with Crippen LogP contribution in [-0.2, 0) is 15.9 Å². The smallest absolute Gasteiger partial charge is 0.399 e. The van der Waals surface area contributed by atoms with Gasteiger partial charge in [0.1, 0.15) is 0 Å². The lowest BCUT2D eigenvalue weighted by atomic mass is 9.75. The van der Waals surface area contributed by atoms with Crippen molar-refractivity contribution in [3.63, 3.8) is 0 Å². The number of aliphatic hydroxyl groups excluding tert-OH is 1. The van der Waals surface area contributed by atoms with E-state index in [0.717, 1.165) is 11.0 Å². The molecule has 2 aliphatic heterocycles. The summed E-state index contributed by atoms with van der Waals surface area (Å²) >= 11 is 0. The van der Waals surface area contributed by atoms with Crippen LogP contribution in [0.1, 0.15) is 43.6 Å². The lowest BCUT2D eigenvalue weighted by Gasteiger charge is -2.32. The van der Waals surface area contributed by atoms with Crippen LogP contribution in [0.3, 0.4) is 0 Å².